The quantitative estimate of drug-likeness (QED) is 0.819. The van der Waals surface area contributed by atoms with E-state index in [9.17, 15) is 0 Å². The predicted molar refractivity (Wildman–Crippen MR) is 65.7 cm³/mol. The number of nitrogens with zero attached hydrogens (tertiary/aromatic N) is 3. The van der Waals surface area contributed by atoms with Gasteiger partial charge in [-0.1, -0.05) is 6.42 Å². The van der Waals surface area contributed by atoms with Crippen molar-refractivity contribution in [1.29, 1.82) is 0 Å². The molecule has 0 radical (unpaired) electrons. The monoisotopic (exact) mass is 236 g/mol. The first-order valence-corrected chi connectivity index (χ1v) is 6.25. The molecule has 5 nitrogen and oxygen atoms in total. The smallest absolute Gasteiger partial charge is 0.237 e. The van der Waals surface area contributed by atoms with Crippen molar-refractivity contribution in [2.24, 2.45) is 5.73 Å². The summed E-state index contributed by atoms with van der Waals surface area (Å²) in [5.74, 6) is 0.576. The third kappa shape index (κ3) is 3.64. The minimum Gasteiger partial charge on any atom is -0.475 e. The van der Waals surface area contributed by atoms with Gasteiger partial charge in [0.15, 0.2) is 0 Å². The molecule has 0 atom stereocenters. The Bertz CT molecular complexity index is 339. The molecule has 0 unspecified atom stereocenters. The molecule has 1 saturated heterocycles. The van der Waals surface area contributed by atoms with E-state index in [2.05, 4.69) is 14.9 Å². The van der Waals surface area contributed by atoms with E-state index in [0.717, 1.165) is 12.2 Å². The molecule has 1 aromatic heterocycles. The fraction of sp³-hybridized carbons (Fsp3) is 0.667. The summed E-state index contributed by atoms with van der Waals surface area (Å²) in [4.78, 5) is 10.7. The Morgan fingerprint density at radius 3 is 2.71 bits per heavy atom. The van der Waals surface area contributed by atoms with E-state index in [0.29, 0.717) is 19.0 Å². The van der Waals surface area contributed by atoms with E-state index < -0.39 is 0 Å². The second kappa shape index (κ2) is 6.51. The molecular formula is C12H20N4O. The summed E-state index contributed by atoms with van der Waals surface area (Å²) >= 11 is 0. The first-order chi connectivity index (χ1) is 8.40. The summed E-state index contributed by atoms with van der Waals surface area (Å²) in [6.45, 7) is 4.36. The van der Waals surface area contributed by atoms with E-state index >= 15 is 0 Å². The van der Waals surface area contributed by atoms with Gasteiger partial charge in [-0.15, -0.1) is 0 Å². The van der Waals surface area contributed by atoms with Crippen molar-refractivity contribution in [2.45, 2.75) is 25.8 Å². The van der Waals surface area contributed by atoms with Crippen LogP contribution in [-0.4, -0.2) is 41.1 Å². The number of hydrogen-bond donors (Lipinski definition) is 1. The summed E-state index contributed by atoms with van der Waals surface area (Å²) in [6.07, 6.45) is 7.24. The molecule has 1 aliphatic heterocycles. The lowest BCUT2D eigenvalue weighted by Crippen LogP contribution is -2.33. The summed E-state index contributed by atoms with van der Waals surface area (Å²) < 4.78 is 5.64. The van der Waals surface area contributed by atoms with Gasteiger partial charge in [0.25, 0.3) is 0 Å². The minimum absolute atomic E-state index is 0.368. The summed E-state index contributed by atoms with van der Waals surface area (Å²) in [5.41, 5.74) is 6.30. The van der Waals surface area contributed by atoms with Crippen LogP contribution in [0.2, 0.25) is 0 Å². The van der Waals surface area contributed by atoms with Crippen molar-refractivity contribution in [3.63, 3.8) is 0 Å². The maximum absolute atomic E-state index is 5.64. The molecular weight excluding hydrogens is 216 g/mol. The molecule has 0 saturated carbocycles. The number of ether oxygens (including phenoxy) is 1. The summed E-state index contributed by atoms with van der Waals surface area (Å²) in [7, 11) is 0. The van der Waals surface area contributed by atoms with E-state index in [1.54, 1.807) is 12.4 Å². The van der Waals surface area contributed by atoms with E-state index in [1.165, 1.54) is 32.4 Å². The first kappa shape index (κ1) is 12.3. The third-order valence-electron chi connectivity index (χ3n) is 3.02. The molecule has 5 heteroatoms. The lowest BCUT2D eigenvalue weighted by atomic mass is 10.1. The van der Waals surface area contributed by atoms with Gasteiger partial charge in [0.2, 0.25) is 5.88 Å². The number of aromatic nitrogens is 2. The summed E-state index contributed by atoms with van der Waals surface area (Å²) in [5, 5.41) is 0. The standard InChI is InChI=1S/C12H20N4O/c13-10-11-12(15-5-4-14-11)17-9-8-16-6-2-1-3-7-16/h4-5H,1-3,6-10,13H2. The third-order valence-corrected chi connectivity index (χ3v) is 3.02. The fourth-order valence-corrected chi connectivity index (χ4v) is 2.07. The highest BCUT2D eigenvalue weighted by atomic mass is 16.5. The Hall–Kier alpha value is -1.20. The molecule has 2 rings (SSSR count). The Kier molecular flexibility index (Phi) is 4.70. The van der Waals surface area contributed by atoms with Crippen LogP contribution >= 0.6 is 0 Å². The molecule has 0 spiro atoms. The van der Waals surface area contributed by atoms with Crippen LogP contribution in [-0.2, 0) is 6.54 Å². The van der Waals surface area contributed by atoms with Gasteiger partial charge >= 0.3 is 0 Å². The number of hydrogen-bond acceptors (Lipinski definition) is 5. The Morgan fingerprint density at radius 1 is 1.18 bits per heavy atom. The second-order valence-corrected chi connectivity index (χ2v) is 4.26. The lowest BCUT2D eigenvalue weighted by Gasteiger charge is -2.26. The lowest BCUT2D eigenvalue weighted by molar-refractivity contribution is 0.179. The van der Waals surface area contributed by atoms with Gasteiger partial charge < -0.3 is 10.5 Å². The van der Waals surface area contributed by atoms with E-state index in [1.807, 2.05) is 0 Å². The van der Waals surface area contributed by atoms with Gasteiger partial charge in [-0.2, -0.15) is 0 Å². The van der Waals surface area contributed by atoms with Gasteiger partial charge in [0, 0.05) is 25.5 Å². The predicted octanol–water partition coefficient (Wildman–Crippen LogP) is 0.800. The molecule has 1 fully saturated rings. The Labute approximate surface area is 102 Å². The summed E-state index contributed by atoms with van der Waals surface area (Å²) in [6, 6.07) is 0. The van der Waals surface area contributed by atoms with Crippen LogP contribution in [0.1, 0.15) is 25.0 Å². The minimum atomic E-state index is 0.368. The van der Waals surface area contributed by atoms with Crippen molar-refractivity contribution < 1.29 is 4.74 Å². The molecule has 1 aromatic rings. The number of rotatable bonds is 5. The highest BCUT2D eigenvalue weighted by molar-refractivity contribution is 5.16. The molecule has 0 aromatic carbocycles. The highest BCUT2D eigenvalue weighted by Crippen LogP contribution is 2.11. The molecule has 17 heavy (non-hydrogen) atoms. The highest BCUT2D eigenvalue weighted by Gasteiger charge is 2.10. The van der Waals surface area contributed by atoms with Crippen LogP contribution in [0.3, 0.4) is 0 Å². The first-order valence-electron chi connectivity index (χ1n) is 6.25. The Balaban J connectivity index is 1.77. The zero-order valence-corrected chi connectivity index (χ0v) is 10.1. The topological polar surface area (TPSA) is 64.3 Å². The van der Waals surface area contributed by atoms with Crippen LogP contribution in [0.15, 0.2) is 12.4 Å². The van der Waals surface area contributed by atoms with E-state index in [4.69, 9.17) is 10.5 Å². The molecule has 0 bridgehead atoms. The van der Waals surface area contributed by atoms with E-state index in [-0.39, 0.29) is 0 Å². The number of piperidine rings is 1. The van der Waals surface area contributed by atoms with Crippen molar-refractivity contribution >= 4 is 0 Å². The fourth-order valence-electron chi connectivity index (χ4n) is 2.07. The SMILES string of the molecule is NCc1nccnc1OCCN1CCCCC1. The number of nitrogens with two attached hydrogens (primary N) is 1. The van der Waals surface area contributed by atoms with Crippen molar-refractivity contribution in [1.82, 2.24) is 14.9 Å². The van der Waals surface area contributed by atoms with Crippen molar-refractivity contribution in [3.8, 4) is 5.88 Å². The zero-order chi connectivity index (χ0) is 11.9. The van der Waals surface area contributed by atoms with Crippen LogP contribution in [0.4, 0.5) is 0 Å². The molecule has 94 valence electrons. The van der Waals surface area contributed by atoms with Gasteiger partial charge in [-0.3, -0.25) is 9.88 Å². The molecule has 0 aliphatic carbocycles. The normalized spacial score (nSPS) is 17.0. The van der Waals surface area contributed by atoms with Crippen molar-refractivity contribution in [3.05, 3.63) is 18.1 Å². The maximum atomic E-state index is 5.64. The van der Waals surface area contributed by atoms with Crippen LogP contribution in [0.25, 0.3) is 0 Å². The van der Waals surface area contributed by atoms with Crippen LogP contribution in [0, 0.1) is 0 Å². The second-order valence-electron chi connectivity index (χ2n) is 4.26. The largest absolute Gasteiger partial charge is 0.475 e. The molecule has 2 N–H and O–H groups in total. The maximum Gasteiger partial charge on any atom is 0.237 e. The van der Waals surface area contributed by atoms with Crippen LogP contribution < -0.4 is 10.5 Å². The van der Waals surface area contributed by atoms with Gasteiger partial charge in [0.05, 0.1) is 0 Å². The molecule has 1 aliphatic rings. The van der Waals surface area contributed by atoms with Crippen molar-refractivity contribution in [2.75, 3.05) is 26.2 Å². The van der Waals surface area contributed by atoms with Gasteiger partial charge in [0.1, 0.15) is 12.3 Å². The van der Waals surface area contributed by atoms with Gasteiger partial charge in [-0.25, -0.2) is 4.98 Å². The van der Waals surface area contributed by atoms with Gasteiger partial charge in [-0.05, 0) is 25.9 Å². The average molecular weight is 236 g/mol. The van der Waals surface area contributed by atoms with Crippen LogP contribution in [0.5, 0.6) is 5.88 Å². The zero-order valence-electron chi connectivity index (χ0n) is 10.1. The molecule has 2 heterocycles. The number of likely N-dealkylation sites (tertiary alicyclic amines) is 1. The molecule has 0 amide bonds. The average Bonchev–Trinajstić information content (AvgIpc) is 2.40. The Morgan fingerprint density at radius 2 is 1.94 bits per heavy atom.